The van der Waals surface area contributed by atoms with Crippen molar-refractivity contribution < 1.29 is 0 Å². The average Bonchev–Trinajstić information content (AvgIpc) is 2.47. The fourth-order valence-electron chi connectivity index (χ4n) is 3.02. The van der Waals surface area contributed by atoms with Crippen molar-refractivity contribution in [2.45, 2.75) is 39.5 Å². The van der Waals surface area contributed by atoms with Gasteiger partial charge in [0, 0.05) is 13.1 Å². The van der Waals surface area contributed by atoms with Gasteiger partial charge >= 0.3 is 0 Å². The predicted octanol–water partition coefficient (Wildman–Crippen LogP) is 3.96. The molecule has 0 spiro atoms. The maximum Gasteiger partial charge on any atom is 0.101 e. The second-order valence-electron chi connectivity index (χ2n) is 5.32. The maximum atomic E-state index is 9.17. The Labute approximate surface area is 110 Å². The smallest absolute Gasteiger partial charge is 0.101 e. The van der Waals surface area contributed by atoms with Crippen LogP contribution in [0.2, 0.25) is 0 Å². The lowest BCUT2D eigenvalue weighted by molar-refractivity contribution is 0.199. The van der Waals surface area contributed by atoms with Crippen LogP contribution in [0.1, 0.15) is 45.1 Å². The minimum absolute atomic E-state index is 0.540. The highest BCUT2D eigenvalue weighted by atomic mass is 15.1. The average molecular weight is 242 g/mol. The van der Waals surface area contributed by atoms with Crippen LogP contribution in [-0.4, -0.2) is 13.1 Å². The van der Waals surface area contributed by atoms with Crippen LogP contribution in [0.15, 0.2) is 24.3 Å². The Balaban J connectivity index is 2.13. The van der Waals surface area contributed by atoms with E-state index >= 15 is 0 Å². The van der Waals surface area contributed by atoms with Crippen LogP contribution in [0.25, 0.3) is 0 Å². The summed E-state index contributed by atoms with van der Waals surface area (Å²) in [4.78, 5) is 2.38. The van der Waals surface area contributed by atoms with Gasteiger partial charge < -0.3 is 4.90 Å². The zero-order valence-corrected chi connectivity index (χ0v) is 11.4. The largest absolute Gasteiger partial charge is 0.370 e. The normalized spacial score (nSPS) is 18.4. The van der Waals surface area contributed by atoms with Gasteiger partial charge in [-0.05, 0) is 30.4 Å². The fourth-order valence-corrected chi connectivity index (χ4v) is 3.02. The van der Waals surface area contributed by atoms with E-state index in [0.717, 1.165) is 24.3 Å². The van der Waals surface area contributed by atoms with E-state index in [1.807, 2.05) is 18.2 Å². The lowest BCUT2D eigenvalue weighted by Crippen LogP contribution is -2.39. The monoisotopic (exact) mass is 242 g/mol. The molecule has 0 saturated carbocycles. The molecule has 1 heterocycles. The van der Waals surface area contributed by atoms with Crippen molar-refractivity contribution in [3.05, 3.63) is 29.8 Å². The summed E-state index contributed by atoms with van der Waals surface area (Å²) < 4.78 is 0. The van der Waals surface area contributed by atoms with Gasteiger partial charge in [-0.3, -0.25) is 0 Å². The van der Waals surface area contributed by atoms with Crippen LogP contribution >= 0.6 is 0 Å². The van der Waals surface area contributed by atoms with E-state index in [2.05, 4.69) is 30.9 Å². The molecule has 1 aromatic rings. The molecule has 2 heteroatoms. The van der Waals surface area contributed by atoms with Crippen LogP contribution < -0.4 is 4.90 Å². The Hall–Kier alpha value is -1.49. The standard InChI is InChI=1S/C16H22N2/c1-3-16(4-2)9-11-18(12-10-16)15-8-6-5-7-14(15)13-17/h5-8H,3-4,9-12H2,1-2H3. The Kier molecular flexibility index (Phi) is 3.91. The van der Waals surface area contributed by atoms with Crippen molar-refractivity contribution in [1.82, 2.24) is 0 Å². The van der Waals surface area contributed by atoms with E-state index in [9.17, 15) is 0 Å². The van der Waals surface area contributed by atoms with E-state index in [1.54, 1.807) is 0 Å². The molecule has 0 aromatic heterocycles. The number of hydrogen-bond acceptors (Lipinski definition) is 2. The molecule has 0 aliphatic carbocycles. The number of piperidine rings is 1. The number of nitriles is 1. The third kappa shape index (κ3) is 2.36. The third-order valence-corrected chi connectivity index (χ3v) is 4.69. The van der Waals surface area contributed by atoms with Gasteiger partial charge in [-0.25, -0.2) is 0 Å². The molecule has 2 nitrogen and oxygen atoms in total. The van der Waals surface area contributed by atoms with Crippen molar-refractivity contribution in [3.63, 3.8) is 0 Å². The van der Waals surface area contributed by atoms with Crippen LogP contribution in [0.5, 0.6) is 0 Å². The molecule has 18 heavy (non-hydrogen) atoms. The SMILES string of the molecule is CCC1(CC)CCN(c2ccccc2C#N)CC1. The van der Waals surface area contributed by atoms with E-state index in [-0.39, 0.29) is 0 Å². The first-order valence-corrected chi connectivity index (χ1v) is 6.99. The van der Waals surface area contributed by atoms with Crippen molar-refractivity contribution in [2.24, 2.45) is 5.41 Å². The third-order valence-electron chi connectivity index (χ3n) is 4.69. The summed E-state index contributed by atoms with van der Waals surface area (Å²) in [7, 11) is 0. The molecule has 1 aliphatic heterocycles. The molecule has 1 saturated heterocycles. The van der Waals surface area contributed by atoms with Gasteiger partial charge in [-0.2, -0.15) is 5.26 Å². The van der Waals surface area contributed by atoms with E-state index in [4.69, 9.17) is 5.26 Å². The highest BCUT2D eigenvalue weighted by molar-refractivity contribution is 5.59. The number of hydrogen-bond donors (Lipinski definition) is 0. The summed E-state index contributed by atoms with van der Waals surface area (Å²) in [6.45, 7) is 6.78. The van der Waals surface area contributed by atoms with Crippen LogP contribution in [0.3, 0.4) is 0 Å². The fraction of sp³-hybridized carbons (Fsp3) is 0.562. The highest BCUT2D eigenvalue weighted by Crippen LogP contribution is 2.39. The van der Waals surface area contributed by atoms with Crippen molar-refractivity contribution >= 4 is 5.69 Å². The molecular formula is C16H22N2. The van der Waals surface area contributed by atoms with Crippen molar-refractivity contribution in [2.75, 3.05) is 18.0 Å². The van der Waals surface area contributed by atoms with Crippen molar-refractivity contribution in [1.29, 1.82) is 5.26 Å². The Bertz CT molecular complexity index is 431. The molecule has 0 bridgehead atoms. The summed E-state index contributed by atoms with van der Waals surface area (Å²) in [6.07, 6.45) is 5.05. The zero-order chi connectivity index (χ0) is 13.0. The summed E-state index contributed by atoms with van der Waals surface area (Å²) >= 11 is 0. The summed E-state index contributed by atoms with van der Waals surface area (Å²) in [5, 5.41) is 9.17. The van der Waals surface area contributed by atoms with Gasteiger partial charge in [-0.15, -0.1) is 0 Å². The Morgan fingerprint density at radius 1 is 1.17 bits per heavy atom. The second-order valence-corrected chi connectivity index (χ2v) is 5.32. The van der Waals surface area contributed by atoms with Crippen LogP contribution in [0.4, 0.5) is 5.69 Å². The first-order chi connectivity index (χ1) is 8.74. The number of nitrogens with zero attached hydrogens (tertiary/aromatic N) is 2. The number of anilines is 1. The molecule has 0 radical (unpaired) electrons. The zero-order valence-electron chi connectivity index (χ0n) is 11.4. The molecule has 1 aliphatic rings. The highest BCUT2D eigenvalue weighted by Gasteiger charge is 2.31. The predicted molar refractivity (Wildman–Crippen MR) is 75.6 cm³/mol. The topological polar surface area (TPSA) is 27.0 Å². The summed E-state index contributed by atoms with van der Waals surface area (Å²) in [5.74, 6) is 0. The van der Waals surface area contributed by atoms with E-state index in [0.29, 0.717) is 5.41 Å². The number of rotatable bonds is 3. The molecule has 0 unspecified atom stereocenters. The van der Waals surface area contributed by atoms with E-state index < -0.39 is 0 Å². The molecule has 0 amide bonds. The minimum atomic E-state index is 0.540. The Morgan fingerprint density at radius 2 is 1.78 bits per heavy atom. The molecule has 1 fully saturated rings. The maximum absolute atomic E-state index is 9.17. The lowest BCUT2D eigenvalue weighted by Gasteiger charge is -2.42. The quantitative estimate of drug-likeness (QED) is 0.802. The lowest BCUT2D eigenvalue weighted by atomic mass is 9.74. The molecule has 2 rings (SSSR count). The molecular weight excluding hydrogens is 220 g/mol. The van der Waals surface area contributed by atoms with Crippen molar-refractivity contribution in [3.8, 4) is 6.07 Å². The second kappa shape index (κ2) is 5.44. The van der Waals surface area contributed by atoms with Crippen LogP contribution in [-0.2, 0) is 0 Å². The molecule has 0 atom stereocenters. The first-order valence-electron chi connectivity index (χ1n) is 6.99. The number of para-hydroxylation sites is 1. The van der Waals surface area contributed by atoms with Gasteiger partial charge in [0.05, 0.1) is 11.3 Å². The minimum Gasteiger partial charge on any atom is -0.370 e. The van der Waals surface area contributed by atoms with E-state index in [1.165, 1.54) is 25.7 Å². The van der Waals surface area contributed by atoms with Crippen LogP contribution in [0, 0.1) is 16.7 Å². The van der Waals surface area contributed by atoms with Gasteiger partial charge in [0.25, 0.3) is 0 Å². The molecule has 0 N–H and O–H groups in total. The summed E-state index contributed by atoms with van der Waals surface area (Å²) in [5.41, 5.74) is 2.46. The van der Waals surface area contributed by atoms with Gasteiger partial charge in [-0.1, -0.05) is 38.8 Å². The van der Waals surface area contributed by atoms with Gasteiger partial charge in [0.2, 0.25) is 0 Å². The summed E-state index contributed by atoms with van der Waals surface area (Å²) in [6, 6.07) is 10.3. The number of benzene rings is 1. The first kappa shape index (κ1) is 13.0. The molecule has 96 valence electrons. The van der Waals surface area contributed by atoms with Gasteiger partial charge in [0.15, 0.2) is 0 Å². The molecule has 1 aromatic carbocycles. The van der Waals surface area contributed by atoms with Gasteiger partial charge in [0.1, 0.15) is 6.07 Å². The Morgan fingerprint density at radius 3 is 2.33 bits per heavy atom.